The molecule has 0 aliphatic carbocycles. The van der Waals surface area contributed by atoms with Crippen LogP contribution in [0.3, 0.4) is 0 Å². The zero-order valence-corrected chi connectivity index (χ0v) is 13.0. The van der Waals surface area contributed by atoms with Gasteiger partial charge in [0, 0.05) is 11.3 Å². The molecule has 23 heavy (non-hydrogen) atoms. The van der Waals surface area contributed by atoms with Crippen LogP contribution in [0.2, 0.25) is 0 Å². The van der Waals surface area contributed by atoms with Crippen molar-refractivity contribution in [2.75, 3.05) is 18.1 Å². The Bertz CT molecular complexity index is 738. The van der Waals surface area contributed by atoms with Crippen LogP contribution >= 0.6 is 0 Å². The van der Waals surface area contributed by atoms with Crippen LogP contribution in [0.4, 0.5) is 10.5 Å². The van der Waals surface area contributed by atoms with Gasteiger partial charge in [-0.05, 0) is 44.2 Å². The summed E-state index contributed by atoms with van der Waals surface area (Å²) in [6.07, 6.45) is -0.387. The number of aryl methyl sites for hydroxylation is 1. The Kier molecular flexibility index (Phi) is 4.06. The number of benzene rings is 1. The summed E-state index contributed by atoms with van der Waals surface area (Å²) in [5.41, 5.74) is 1.14. The largest absolute Gasteiger partial charge is 0.464 e. The normalized spacial score (nSPS) is 15.4. The molecule has 0 bridgehead atoms. The lowest BCUT2D eigenvalue weighted by molar-refractivity contribution is 0.0935. The van der Waals surface area contributed by atoms with Crippen molar-refractivity contribution in [1.82, 2.24) is 5.32 Å². The summed E-state index contributed by atoms with van der Waals surface area (Å²) in [6, 6.07) is 10.4. The molecule has 120 valence electrons. The second-order valence-corrected chi connectivity index (χ2v) is 5.46. The molecule has 0 unspecified atom stereocenters. The van der Waals surface area contributed by atoms with Crippen LogP contribution in [0, 0.1) is 6.92 Å². The van der Waals surface area contributed by atoms with Crippen LogP contribution in [0.15, 0.2) is 40.8 Å². The number of amides is 2. The van der Waals surface area contributed by atoms with Gasteiger partial charge in [-0.3, -0.25) is 9.69 Å². The first-order valence-electron chi connectivity index (χ1n) is 7.46. The molecule has 2 amide bonds. The lowest BCUT2D eigenvalue weighted by Crippen LogP contribution is -2.27. The first kappa shape index (κ1) is 15.1. The standard InChI is InChI=1S/C17H18N2O4/c1-11-6-7-15(23-11)12(2)18-16(20)13-4-3-5-14(10-13)19-8-9-22-17(19)21/h3-7,10,12H,8-9H2,1-2H3,(H,18,20)/t12-/m1/s1. The summed E-state index contributed by atoms with van der Waals surface area (Å²) in [5, 5.41) is 2.89. The number of hydrogen-bond acceptors (Lipinski definition) is 4. The maximum absolute atomic E-state index is 12.4. The summed E-state index contributed by atoms with van der Waals surface area (Å²) in [5.74, 6) is 1.28. The van der Waals surface area contributed by atoms with E-state index in [0.717, 1.165) is 5.76 Å². The average molecular weight is 314 g/mol. The van der Waals surface area contributed by atoms with Crippen molar-refractivity contribution < 1.29 is 18.7 Å². The Hall–Kier alpha value is -2.76. The number of hydrogen-bond donors (Lipinski definition) is 1. The highest BCUT2D eigenvalue weighted by Crippen LogP contribution is 2.21. The van der Waals surface area contributed by atoms with Gasteiger partial charge in [0.25, 0.3) is 5.91 Å². The third-order valence-corrected chi connectivity index (χ3v) is 3.72. The minimum Gasteiger partial charge on any atom is -0.464 e. The van der Waals surface area contributed by atoms with E-state index in [1.165, 1.54) is 4.90 Å². The van der Waals surface area contributed by atoms with Gasteiger partial charge >= 0.3 is 6.09 Å². The van der Waals surface area contributed by atoms with Crippen molar-refractivity contribution in [2.45, 2.75) is 19.9 Å². The van der Waals surface area contributed by atoms with E-state index in [-0.39, 0.29) is 18.0 Å². The molecule has 1 aliphatic heterocycles. The van der Waals surface area contributed by atoms with Gasteiger partial charge in [0.2, 0.25) is 0 Å². The summed E-state index contributed by atoms with van der Waals surface area (Å²) in [7, 11) is 0. The van der Waals surface area contributed by atoms with Gasteiger partial charge in [-0.25, -0.2) is 4.79 Å². The maximum atomic E-state index is 12.4. The molecule has 2 heterocycles. The zero-order chi connectivity index (χ0) is 16.4. The minimum atomic E-state index is -0.387. The quantitative estimate of drug-likeness (QED) is 0.941. The van der Waals surface area contributed by atoms with E-state index in [0.29, 0.717) is 30.2 Å². The minimum absolute atomic E-state index is 0.221. The van der Waals surface area contributed by atoms with Crippen LogP contribution < -0.4 is 10.2 Å². The highest BCUT2D eigenvalue weighted by molar-refractivity contribution is 5.97. The number of carbonyl (C=O) groups is 2. The Labute approximate surface area is 134 Å². The second-order valence-electron chi connectivity index (χ2n) is 5.46. The molecular weight excluding hydrogens is 296 g/mol. The number of anilines is 1. The van der Waals surface area contributed by atoms with Gasteiger partial charge < -0.3 is 14.5 Å². The SMILES string of the molecule is Cc1ccc([C@@H](C)NC(=O)c2cccc(N3CCOC3=O)c2)o1. The fraction of sp³-hybridized carbons (Fsp3) is 0.294. The van der Waals surface area contributed by atoms with Crippen molar-refractivity contribution in [2.24, 2.45) is 0 Å². The Balaban J connectivity index is 1.73. The molecular formula is C17H18N2O4. The lowest BCUT2D eigenvalue weighted by Gasteiger charge is -2.15. The van der Waals surface area contributed by atoms with Crippen LogP contribution in [0.5, 0.6) is 0 Å². The van der Waals surface area contributed by atoms with E-state index in [4.69, 9.17) is 9.15 Å². The molecule has 0 radical (unpaired) electrons. The molecule has 1 aromatic carbocycles. The van der Waals surface area contributed by atoms with Crippen LogP contribution in [-0.2, 0) is 4.74 Å². The number of cyclic esters (lactones) is 1. The van der Waals surface area contributed by atoms with Crippen molar-refractivity contribution >= 4 is 17.7 Å². The monoisotopic (exact) mass is 314 g/mol. The molecule has 1 aliphatic rings. The van der Waals surface area contributed by atoms with Crippen LogP contribution in [-0.4, -0.2) is 25.2 Å². The Morgan fingerprint density at radius 2 is 2.13 bits per heavy atom. The fourth-order valence-corrected chi connectivity index (χ4v) is 2.48. The number of rotatable bonds is 4. The van der Waals surface area contributed by atoms with Crippen molar-refractivity contribution in [3.05, 3.63) is 53.5 Å². The van der Waals surface area contributed by atoms with Crippen molar-refractivity contribution in [1.29, 1.82) is 0 Å². The maximum Gasteiger partial charge on any atom is 0.414 e. The van der Waals surface area contributed by atoms with Gasteiger partial charge in [0.1, 0.15) is 18.1 Å². The number of furan rings is 1. The molecule has 6 heteroatoms. The molecule has 1 N–H and O–H groups in total. The number of carbonyl (C=O) groups excluding carboxylic acids is 2. The van der Waals surface area contributed by atoms with Gasteiger partial charge in [0.15, 0.2) is 0 Å². The zero-order valence-electron chi connectivity index (χ0n) is 13.0. The Morgan fingerprint density at radius 1 is 1.30 bits per heavy atom. The topological polar surface area (TPSA) is 71.8 Å². The summed E-state index contributed by atoms with van der Waals surface area (Å²) in [4.78, 5) is 25.5. The van der Waals surface area contributed by atoms with Gasteiger partial charge in [0.05, 0.1) is 12.6 Å². The third kappa shape index (κ3) is 3.21. The highest BCUT2D eigenvalue weighted by Gasteiger charge is 2.24. The van der Waals surface area contributed by atoms with E-state index in [9.17, 15) is 9.59 Å². The molecule has 1 fully saturated rings. The van der Waals surface area contributed by atoms with E-state index >= 15 is 0 Å². The first-order chi connectivity index (χ1) is 11.0. The third-order valence-electron chi connectivity index (χ3n) is 3.72. The van der Waals surface area contributed by atoms with Crippen LogP contribution in [0.25, 0.3) is 0 Å². The number of ether oxygens (including phenoxy) is 1. The first-order valence-corrected chi connectivity index (χ1v) is 7.46. The Morgan fingerprint density at radius 3 is 2.78 bits per heavy atom. The molecule has 0 spiro atoms. The summed E-state index contributed by atoms with van der Waals surface area (Å²) < 4.78 is 10.4. The second kappa shape index (κ2) is 6.16. The number of nitrogens with zero attached hydrogens (tertiary/aromatic N) is 1. The highest BCUT2D eigenvalue weighted by atomic mass is 16.6. The van der Waals surface area contributed by atoms with Gasteiger partial charge in [-0.2, -0.15) is 0 Å². The molecule has 2 aromatic rings. The summed E-state index contributed by atoms with van der Waals surface area (Å²) >= 11 is 0. The van der Waals surface area contributed by atoms with E-state index in [2.05, 4.69) is 5.32 Å². The van der Waals surface area contributed by atoms with E-state index < -0.39 is 0 Å². The van der Waals surface area contributed by atoms with Crippen molar-refractivity contribution in [3.8, 4) is 0 Å². The predicted octanol–water partition coefficient (Wildman–Crippen LogP) is 3.04. The molecule has 3 rings (SSSR count). The lowest BCUT2D eigenvalue weighted by atomic mass is 10.1. The van der Waals surface area contributed by atoms with Gasteiger partial charge in [-0.15, -0.1) is 0 Å². The van der Waals surface area contributed by atoms with E-state index in [1.54, 1.807) is 24.3 Å². The van der Waals surface area contributed by atoms with Crippen LogP contribution in [0.1, 0.15) is 34.8 Å². The summed E-state index contributed by atoms with van der Waals surface area (Å²) in [6.45, 7) is 4.57. The molecule has 1 aromatic heterocycles. The number of nitrogens with one attached hydrogen (secondary N) is 1. The van der Waals surface area contributed by atoms with E-state index in [1.807, 2.05) is 26.0 Å². The smallest absolute Gasteiger partial charge is 0.414 e. The molecule has 1 saturated heterocycles. The predicted molar refractivity (Wildman–Crippen MR) is 84.5 cm³/mol. The van der Waals surface area contributed by atoms with Gasteiger partial charge in [-0.1, -0.05) is 6.07 Å². The molecule has 6 nitrogen and oxygen atoms in total. The average Bonchev–Trinajstić information content (AvgIpc) is 3.16. The molecule has 0 saturated carbocycles. The molecule has 1 atom stereocenters. The fourth-order valence-electron chi connectivity index (χ4n) is 2.48. The van der Waals surface area contributed by atoms with Crippen molar-refractivity contribution in [3.63, 3.8) is 0 Å².